The van der Waals surface area contributed by atoms with Crippen LogP contribution in [0.4, 0.5) is 10.2 Å². The maximum Gasteiger partial charge on any atom is 0.239 e. The zero-order valence-corrected chi connectivity index (χ0v) is 23.9. The molecule has 11 heteroatoms. The Morgan fingerprint density at radius 2 is 1.98 bits per heavy atom. The molecule has 1 amide bonds. The highest BCUT2D eigenvalue weighted by molar-refractivity contribution is 6.33. The van der Waals surface area contributed by atoms with Crippen molar-refractivity contribution in [1.82, 2.24) is 30.0 Å². The highest BCUT2D eigenvalue weighted by atomic mass is 35.5. The quantitative estimate of drug-likeness (QED) is 0.452. The Morgan fingerprint density at radius 1 is 1.20 bits per heavy atom. The molecule has 212 valence electrons. The first-order valence-corrected chi connectivity index (χ1v) is 14.4. The van der Waals surface area contributed by atoms with Crippen LogP contribution < -0.4 is 15.0 Å². The second-order valence-corrected chi connectivity index (χ2v) is 12.2. The minimum Gasteiger partial charge on any atom is -0.451 e. The van der Waals surface area contributed by atoms with Crippen LogP contribution in [0.5, 0.6) is 11.5 Å². The number of carbonyl (C=O) groups excluding carboxylic acids is 1. The van der Waals surface area contributed by atoms with E-state index in [1.54, 1.807) is 23.1 Å². The summed E-state index contributed by atoms with van der Waals surface area (Å²) in [5, 5.41) is 8.17. The molecular formula is C29H35ClFN7O2. The normalized spacial score (nSPS) is 22.1. The molecule has 6 rings (SSSR count). The van der Waals surface area contributed by atoms with Crippen LogP contribution in [0.2, 0.25) is 5.02 Å². The summed E-state index contributed by atoms with van der Waals surface area (Å²) in [5.41, 5.74) is 1.26. The number of anilines is 1. The molecule has 0 aliphatic carbocycles. The largest absolute Gasteiger partial charge is 0.451 e. The standard InChI is InChI=1S/C29H35ClFN7O2/c1-18(2)38-26(22(30)13-35-38)21-11-20(31)4-5-24(21)40-25-14-32-17-34-27(25)37-15-29(16-37)6-8-36(9-7-29)28(39)23-10-19(3)12-33-23/h4-5,11,13-14,17-19,23,33H,6-10,12,15-16H2,1-3H3/t19-,23+/m1/s1. The number of nitrogens with one attached hydrogen (secondary N) is 1. The third kappa shape index (κ3) is 5.03. The number of halogens is 2. The predicted octanol–water partition coefficient (Wildman–Crippen LogP) is 4.93. The molecule has 0 saturated carbocycles. The van der Waals surface area contributed by atoms with E-state index in [1.165, 1.54) is 18.5 Å². The minimum atomic E-state index is -0.396. The van der Waals surface area contributed by atoms with Gasteiger partial charge in [0.2, 0.25) is 5.91 Å². The molecular weight excluding hydrogens is 533 g/mol. The average molecular weight is 568 g/mol. The number of carbonyl (C=O) groups is 1. The predicted molar refractivity (Wildman–Crippen MR) is 151 cm³/mol. The zero-order chi connectivity index (χ0) is 28.0. The minimum absolute atomic E-state index is 0.0196. The van der Waals surface area contributed by atoms with Crippen LogP contribution >= 0.6 is 11.6 Å². The first-order valence-electron chi connectivity index (χ1n) is 14.0. The number of piperidine rings is 1. The van der Waals surface area contributed by atoms with Gasteiger partial charge in [-0.05, 0) is 63.8 Å². The summed E-state index contributed by atoms with van der Waals surface area (Å²) < 4.78 is 22.5. The van der Waals surface area contributed by atoms with Gasteiger partial charge in [0.1, 0.15) is 17.9 Å². The van der Waals surface area contributed by atoms with E-state index in [0.29, 0.717) is 39.5 Å². The summed E-state index contributed by atoms with van der Waals surface area (Å²) in [4.78, 5) is 25.9. The molecule has 3 aromatic rings. The first-order chi connectivity index (χ1) is 19.2. The molecule has 1 N–H and O–H groups in total. The number of amides is 1. The molecule has 0 unspecified atom stereocenters. The molecule has 0 bridgehead atoms. The Morgan fingerprint density at radius 3 is 2.67 bits per heavy atom. The van der Waals surface area contributed by atoms with E-state index >= 15 is 0 Å². The molecule has 3 aliphatic heterocycles. The summed E-state index contributed by atoms with van der Waals surface area (Å²) in [7, 11) is 0. The van der Waals surface area contributed by atoms with Crippen molar-refractivity contribution in [2.45, 2.75) is 52.1 Å². The molecule has 3 aliphatic rings. The van der Waals surface area contributed by atoms with E-state index < -0.39 is 5.82 Å². The van der Waals surface area contributed by atoms with Crippen LogP contribution in [0.1, 0.15) is 46.1 Å². The lowest BCUT2D eigenvalue weighted by Gasteiger charge is -2.54. The van der Waals surface area contributed by atoms with Gasteiger partial charge in [0.15, 0.2) is 11.6 Å². The van der Waals surface area contributed by atoms with Gasteiger partial charge < -0.3 is 19.9 Å². The summed E-state index contributed by atoms with van der Waals surface area (Å²) in [6, 6.07) is 4.36. The number of likely N-dealkylation sites (tertiary alicyclic amines) is 1. The first kappa shape index (κ1) is 27.0. The lowest BCUT2D eigenvalue weighted by atomic mass is 9.72. The number of aromatic nitrogens is 4. The summed E-state index contributed by atoms with van der Waals surface area (Å²) in [6.07, 6.45) is 7.58. The molecule has 2 atom stereocenters. The monoisotopic (exact) mass is 567 g/mol. The van der Waals surface area contributed by atoms with Crippen molar-refractivity contribution < 1.29 is 13.9 Å². The van der Waals surface area contributed by atoms with Gasteiger partial charge in [-0.2, -0.15) is 5.10 Å². The van der Waals surface area contributed by atoms with Crippen LogP contribution in [0.15, 0.2) is 36.9 Å². The van der Waals surface area contributed by atoms with E-state index in [4.69, 9.17) is 16.3 Å². The van der Waals surface area contributed by atoms with Gasteiger partial charge in [0.05, 0.1) is 29.2 Å². The smallest absolute Gasteiger partial charge is 0.239 e. The Bertz CT molecular complexity index is 1400. The van der Waals surface area contributed by atoms with Gasteiger partial charge in [0, 0.05) is 43.2 Å². The molecule has 2 aromatic heterocycles. The number of ether oxygens (including phenoxy) is 1. The molecule has 3 saturated heterocycles. The SMILES string of the molecule is CC(C)n1ncc(Cl)c1-c1cc(F)ccc1Oc1cncnc1N1CC2(CCN(C(=O)[C@@H]3C[C@@H](C)CN3)CC2)C1. The van der Waals surface area contributed by atoms with E-state index in [-0.39, 0.29) is 23.4 Å². The average Bonchev–Trinajstić information content (AvgIpc) is 3.54. The molecule has 1 spiro atoms. The lowest BCUT2D eigenvalue weighted by molar-refractivity contribution is -0.135. The zero-order valence-electron chi connectivity index (χ0n) is 23.1. The molecule has 9 nitrogen and oxygen atoms in total. The molecule has 5 heterocycles. The van der Waals surface area contributed by atoms with Gasteiger partial charge in [-0.1, -0.05) is 18.5 Å². The third-order valence-corrected chi connectivity index (χ3v) is 8.73. The second-order valence-electron chi connectivity index (χ2n) is 11.8. The number of rotatable bonds is 6. The molecule has 40 heavy (non-hydrogen) atoms. The van der Waals surface area contributed by atoms with E-state index in [1.807, 2.05) is 18.7 Å². The van der Waals surface area contributed by atoms with Gasteiger partial charge >= 0.3 is 0 Å². The summed E-state index contributed by atoms with van der Waals surface area (Å²) >= 11 is 6.50. The van der Waals surface area contributed by atoms with Crippen molar-refractivity contribution in [2.24, 2.45) is 11.3 Å². The Kier molecular flexibility index (Phi) is 7.16. The molecule has 0 radical (unpaired) electrons. The van der Waals surface area contributed by atoms with Crippen molar-refractivity contribution in [3.05, 3.63) is 47.8 Å². The Labute approximate surface area is 238 Å². The Balaban J connectivity index is 1.17. The Hall–Kier alpha value is -3.24. The van der Waals surface area contributed by atoms with Crippen molar-refractivity contribution in [3.63, 3.8) is 0 Å². The van der Waals surface area contributed by atoms with E-state index in [0.717, 1.165) is 52.0 Å². The van der Waals surface area contributed by atoms with Crippen molar-refractivity contribution in [2.75, 3.05) is 37.6 Å². The van der Waals surface area contributed by atoms with Crippen LogP contribution in [0, 0.1) is 17.2 Å². The summed E-state index contributed by atoms with van der Waals surface area (Å²) in [5.74, 6) is 2.03. The van der Waals surface area contributed by atoms with Crippen molar-refractivity contribution in [1.29, 1.82) is 0 Å². The van der Waals surface area contributed by atoms with Gasteiger partial charge in [-0.25, -0.2) is 14.4 Å². The van der Waals surface area contributed by atoms with Gasteiger partial charge in [0.25, 0.3) is 0 Å². The lowest BCUT2D eigenvalue weighted by Crippen LogP contribution is -2.62. The topological polar surface area (TPSA) is 88.4 Å². The van der Waals surface area contributed by atoms with Gasteiger partial charge in [-0.15, -0.1) is 0 Å². The number of hydrogen-bond acceptors (Lipinski definition) is 7. The summed E-state index contributed by atoms with van der Waals surface area (Å²) in [6.45, 7) is 10.3. The van der Waals surface area contributed by atoms with Crippen molar-refractivity contribution in [3.8, 4) is 22.8 Å². The number of nitrogens with zero attached hydrogens (tertiary/aromatic N) is 6. The molecule has 1 aromatic carbocycles. The van der Waals surface area contributed by atoms with Crippen LogP contribution in [-0.4, -0.2) is 69.3 Å². The fourth-order valence-electron chi connectivity index (χ4n) is 6.25. The maximum atomic E-state index is 14.4. The van der Waals surface area contributed by atoms with E-state index in [9.17, 15) is 9.18 Å². The number of benzene rings is 1. The van der Waals surface area contributed by atoms with Crippen LogP contribution in [-0.2, 0) is 4.79 Å². The van der Waals surface area contributed by atoms with E-state index in [2.05, 4.69) is 32.2 Å². The fourth-order valence-corrected chi connectivity index (χ4v) is 6.48. The van der Waals surface area contributed by atoms with Crippen LogP contribution in [0.25, 0.3) is 11.3 Å². The molecule has 3 fully saturated rings. The van der Waals surface area contributed by atoms with Crippen molar-refractivity contribution >= 4 is 23.3 Å². The second kappa shape index (κ2) is 10.6. The van der Waals surface area contributed by atoms with Crippen LogP contribution in [0.3, 0.4) is 0 Å². The highest BCUT2D eigenvalue weighted by Gasteiger charge is 2.47. The number of hydrogen-bond donors (Lipinski definition) is 1. The highest BCUT2D eigenvalue weighted by Crippen LogP contribution is 2.46. The van der Waals surface area contributed by atoms with Gasteiger partial charge in [-0.3, -0.25) is 9.48 Å². The fraction of sp³-hybridized carbons (Fsp3) is 0.517. The third-order valence-electron chi connectivity index (χ3n) is 8.45. The maximum absolute atomic E-state index is 14.4.